The summed E-state index contributed by atoms with van der Waals surface area (Å²) in [6, 6.07) is -0.959. The van der Waals surface area contributed by atoms with Crippen LogP contribution in [0, 0.1) is 12.3 Å². The maximum Gasteiger partial charge on any atom is 0.352 e. The first-order chi connectivity index (χ1) is 15.8. The van der Waals surface area contributed by atoms with Gasteiger partial charge in [-0.05, 0) is 17.5 Å². The van der Waals surface area contributed by atoms with Crippen LogP contribution in [0.3, 0.4) is 0 Å². The van der Waals surface area contributed by atoms with Gasteiger partial charge in [0.15, 0.2) is 11.2 Å². The number of carbonyl (C=O) groups is 3. The van der Waals surface area contributed by atoms with Gasteiger partial charge in [-0.15, -0.1) is 44.7 Å². The van der Waals surface area contributed by atoms with Gasteiger partial charge in [0.25, 0.3) is 11.8 Å². The maximum atomic E-state index is 12.7. The van der Waals surface area contributed by atoms with E-state index in [1.165, 1.54) is 40.0 Å². The topological polar surface area (TPSA) is 177 Å². The van der Waals surface area contributed by atoms with Gasteiger partial charge in [-0.3, -0.25) is 19.5 Å². The number of amides is 2. The Kier molecular flexibility index (Phi) is 6.67. The normalized spacial score (nSPS) is 22.7. The molecule has 1 fully saturated rings. The SMILES string of the molecule is C#CCN1C=NN(SCC2=C(C(=O)O)N3C(=O)C(NC(=O)C(O)c4csc(N)n4)[C@@H]3SC2)N1. The van der Waals surface area contributed by atoms with Crippen LogP contribution < -0.4 is 16.6 Å². The highest BCUT2D eigenvalue weighted by Crippen LogP contribution is 2.41. The van der Waals surface area contributed by atoms with Crippen molar-refractivity contribution in [1.29, 1.82) is 0 Å². The molecule has 33 heavy (non-hydrogen) atoms. The van der Waals surface area contributed by atoms with Crippen molar-refractivity contribution in [1.82, 2.24) is 30.3 Å². The molecule has 13 nitrogen and oxygen atoms in total. The lowest BCUT2D eigenvalue weighted by Crippen LogP contribution is -2.71. The zero-order chi connectivity index (χ0) is 23.7. The number of rotatable bonds is 8. The number of fused-ring (bicyclic) bond motifs is 1. The van der Waals surface area contributed by atoms with E-state index in [9.17, 15) is 24.6 Å². The van der Waals surface area contributed by atoms with Gasteiger partial charge in [0.05, 0.1) is 12.2 Å². The Morgan fingerprint density at radius 2 is 2.30 bits per heavy atom. The number of hydrogen-bond acceptors (Lipinski definition) is 13. The molecule has 0 spiro atoms. The fourth-order valence-corrected chi connectivity index (χ4v) is 6.08. The van der Waals surface area contributed by atoms with Gasteiger partial charge in [-0.25, -0.2) is 9.78 Å². The van der Waals surface area contributed by atoms with E-state index in [-0.39, 0.29) is 22.3 Å². The number of anilines is 1. The minimum absolute atomic E-state index is 0.0827. The number of hydrogen-bond donors (Lipinski definition) is 5. The number of thioether (sulfide) groups is 1. The number of nitrogens with one attached hydrogen (secondary N) is 2. The van der Waals surface area contributed by atoms with Gasteiger partial charge in [-0.2, -0.15) is 0 Å². The van der Waals surface area contributed by atoms with Gasteiger partial charge < -0.3 is 21.3 Å². The largest absolute Gasteiger partial charge is 0.477 e. The molecule has 0 aliphatic carbocycles. The monoisotopic (exact) mass is 510 g/mol. The molecule has 0 saturated carbocycles. The molecular formula is C17H18N8O5S3. The van der Waals surface area contributed by atoms with Gasteiger partial charge in [0.1, 0.15) is 23.5 Å². The fraction of sp³-hybridized carbons (Fsp3) is 0.353. The van der Waals surface area contributed by atoms with Crippen molar-refractivity contribution < 1.29 is 24.6 Å². The molecule has 2 amide bonds. The third-order valence-corrected chi connectivity index (χ3v) is 7.68. The number of aliphatic hydroxyl groups excluding tert-OH is 1. The highest BCUT2D eigenvalue weighted by atomic mass is 32.2. The van der Waals surface area contributed by atoms with Crippen molar-refractivity contribution in [2.24, 2.45) is 5.10 Å². The number of carboxylic acid groups (broad SMARTS) is 1. The smallest absolute Gasteiger partial charge is 0.352 e. The molecular weight excluding hydrogens is 492 g/mol. The number of hydrazine groups is 2. The van der Waals surface area contributed by atoms with Gasteiger partial charge in [0.2, 0.25) is 0 Å². The number of aromatic nitrogens is 1. The minimum atomic E-state index is -1.59. The standard InChI is InChI=1S/C17H18N8O5S3/c1-2-3-23-7-19-25(22-23)33-5-8-4-31-15-10(14(28)24(15)11(8)16(29)30)21-13(27)12(26)9-6-32-17(18)20-9/h1,6-7,10,12,15,22,26H,3-5H2,(H2,18,20)(H,21,27)(H,29,30)/t10?,12?,15-/m0/s1. The quantitative estimate of drug-likeness (QED) is 0.160. The molecule has 1 saturated heterocycles. The second-order valence-corrected chi connectivity index (χ2v) is 9.76. The molecule has 3 atom stereocenters. The first-order valence-electron chi connectivity index (χ1n) is 9.33. The first-order valence-corrected chi connectivity index (χ1v) is 12.2. The predicted molar refractivity (Wildman–Crippen MR) is 123 cm³/mol. The van der Waals surface area contributed by atoms with Crippen molar-refractivity contribution in [3.8, 4) is 12.3 Å². The summed E-state index contributed by atoms with van der Waals surface area (Å²) in [5.74, 6) is 0.453. The Morgan fingerprint density at radius 3 is 2.97 bits per heavy atom. The van der Waals surface area contributed by atoms with Crippen LogP contribution in [0.25, 0.3) is 0 Å². The average molecular weight is 511 g/mol. The number of terminal acetylenes is 1. The van der Waals surface area contributed by atoms with Gasteiger partial charge in [0, 0.05) is 16.9 Å². The number of nitrogen functional groups attached to an aromatic ring is 1. The molecule has 4 heterocycles. The van der Waals surface area contributed by atoms with Gasteiger partial charge in [-0.1, -0.05) is 5.92 Å². The molecule has 1 aromatic heterocycles. The lowest BCUT2D eigenvalue weighted by Gasteiger charge is -2.49. The summed E-state index contributed by atoms with van der Waals surface area (Å²) in [6.45, 7) is 0.307. The number of nitrogens with two attached hydrogens (primary N) is 1. The number of β-lactam (4-membered cyclic amide) rings is 1. The van der Waals surface area contributed by atoms with E-state index < -0.39 is 35.3 Å². The van der Waals surface area contributed by atoms with E-state index in [2.05, 4.69) is 26.9 Å². The maximum absolute atomic E-state index is 12.7. The van der Waals surface area contributed by atoms with Crippen LogP contribution in [-0.4, -0.2) is 83.2 Å². The summed E-state index contributed by atoms with van der Waals surface area (Å²) in [7, 11) is 0. The molecule has 2 unspecified atom stereocenters. The van der Waals surface area contributed by atoms with Crippen LogP contribution in [0.15, 0.2) is 21.8 Å². The Labute approximate surface area is 200 Å². The number of nitrogens with zero attached hydrogens (tertiary/aromatic N) is 5. The summed E-state index contributed by atoms with van der Waals surface area (Å²) in [6.07, 6.45) is 5.17. The van der Waals surface area contributed by atoms with Crippen LogP contribution in [-0.2, 0) is 14.4 Å². The predicted octanol–water partition coefficient (Wildman–Crippen LogP) is -1.24. The molecule has 3 aliphatic rings. The van der Waals surface area contributed by atoms with Gasteiger partial charge >= 0.3 is 5.97 Å². The summed E-state index contributed by atoms with van der Waals surface area (Å²) in [5.41, 5.74) is 8.93. The molecule has 1 aromatic rings. The van der Waals surface area contributed by atoms with E-state index in [4.69, 9.17) is 12.2 Å². The van der Waals surface area contributed by atoms with Crippen LogP contribution >= 0.6 is 35.0 Å². The van der Waals surface area contributed by atoms with Crippen LogP contribution in [0.2, 0.25) is 0 Å². The van der Waals surface area contributed by atoms with E-state index in [1.807, 2.05) is 0 Å². The van der Waals surface area contributed by atoms with E-state index >= 15 is 0 Å². The minimum Gasteiger partial charge on any atom is -0.477 e. The summed E-state index contributed by atoms with van der Waals surface area (Å²) >= 11 is 3.61. The van der Waals surface area contributed by atoms with Crippen LogP contribution in [0.1, 0.15) is 11.8 Å². The van der Waals surface area contributed by atoms with Crippen LogP contribution in [0.5, 0.6) is 0 Å². The summed E-state index contributed by atoms with van der Waals surface area (Å²) < 4.78 is 1.44. The average Bonchev–Trinajstić information content (AvgIpc) is 3.43. The highest BCUT2D eigenvalue weighted by Gasteiger charge is 2.54. The molecule has 174 valence electrons. The number of aliphatic hydroxyl groups is 1. The molecule has 0 aromatic carbocycles. The number of carboxylic acids is 1. The van der Waals surface area contributed by atoms with Crippen molar-refractivity contribution >= 4 is 64.3 Å². The lowest BCUT2D eigenvalue weighted by atomic mass is 10.0. The first kappa shape index (κ1) is 23.2. The lowest BCUT2D eigenvalue weighted by molar-refractivity contribution is -0.151. The summed E-state index contributed by atoms with van der Waals surface area (Å²) in [4.78, 5) is 42.1. The Hall–Kier alpha value is -2.97. The van der Waals surface area contributed by atoms with Crippen LogP contribution in [0.4, 0.5) is 5.13 Å². The number of aliphatic carboxylic acids is 1. The zero-order valence-corrected chi connectivity index (χ0v) is 19.2. The van der Waals surface area contributed by atoms with Crippen molar-refractivity contribution in [2.75, 3.05) is 23.8 Å². The van der Waals surface area contributed by atoms with Crippen molar-refractivity contribution in [3.63, 3.8) is 0 Å². The fourth-order valence-electron chi connectivity index (χ4n) is 3.23. The number of carbonyl (C=O) groups excluding carboxylic acids is 2. The summed E-state index contributed by atoms with van der Waals surface area (Å²) in [5, 5.41) is 29.1. The Balaban J connectivity index is 1.40. The Bertz CT molecular complexity index is 1080. The second kappa shape index (κ2) is 9.49. The molecule has 6 N–H and O–H groups in total. The Morgan fingerprint density at radius 1 is 1.52 bits per heavy atom. The highest BCUT2D eigenvalue weighted by molar-refractivity contribution is 8.00. The second-order valence-electron chi connectivity index (χ2n) is 6.88. The van der Waals surface area contributed by atoms with Crippen molar-refractivity contribution in [3.05, 3.63) is 22.3 Å². The van der Waals surface area contributed by atoms with E-state index in [1.54, 1.807) is 5.01 Å². The number of hydrazone groups is 1. The molecule has 3 aliphatic heterocycles. The zero-order valence-electron chi connectivity index (χ0n) is 16.7. The molecule has 16 heteroatoms. The van der Waals surface area contributed by atoms with Crippen molar-refractivity contribution in [2.45, 2.75) is 17.5 Å². The van der Waals surface area contributed by atoms with E-state index in [0.717, 1.165) is 16.2 Å². The number of thiazole rings is 1. The molecule has 0 radical (unpaired) electrons. The molecule has 4 rings (SSSR count). The van der Waals surface area contributed by atoms with E-state index in [0.29, 0.717) is 17.9 Å². The third-order valence-electron chi connectivity index (χ3n) is 4.75. The third kappa shape index (κ3) is 4.58. The molecule has 0 bridgehead atoms.